The van der Waals surface area contributed by atoms with Crippen LogP contribution in [0.5, 0.6) is 5.75 Å². The van der Waals surface area contributed by atoms with Crippen molar-refractivity contribution in [1.82, 2.24) is 9.78 Å². The summed E-state index contributed by atoms with van der Waals surface area (Å²) < 4.78 is 12.2. The van der Waals surface area contributed by atoms with Gasteiger partial charge in [0, 0.05) is 0 Å². The number of methoxy groups -OCH3 is 2. The molecule has 1 heterocycles. The average Bonchev–Trinajstić information content (AvgIpc) is 2.73. The molecule has 1 aromatic heterocycles. The van der Waals surface area contributed by atoms with Crippen LogP contribution in [0.2, 0.25) is 0 Å². The second kappa shape index (κ2) is 6.09. The van der Waals surface area contributed by atoms with Gasteiger partial charge < -0.3 is 9.47 Å². The zero-order valence-electron chi connectivity index (χ0n) is 11.5. The summed E-state index contributed by atoms with van der Waals surface area (Å²) in [6, 6.07) is 7.70. The molecule has 0 fully saturated rings. The van der Waals surface area contributed by atoms with Gasteiger partial charge in [0.2, 0.25) is 0 Å². The van der Waals surface area contributed by atoms with Gasteiger partial charge in [0.25, 0.3) is 0 Å². The highest BCUT2D eigenvalue weighted by molar-refractivity contribution is 9.10. The Morgan fingerprint density at radius 2 is 1.95 bits per heavy atom. The largest absolute Gasteiger partial charge is 0.497 e. The lowest BCUT2D eigenvalue weighted by Crippen LogP contribution is -2.04. The van der Waals surface area contributed by atoms with Crippen molar-refractivity contribution < 1.29 is 14.3 Å². The van der Waals surface area contributed by atoms with E-state index in [0.717, 1.165) is 11.3 Å². The summed E-state index contributed by atoms with van der Waals surface area (Å²) in [7, 11) is 2.99. The molecule has 106 valence electrons. The first-order valence-electron chi connectivity index (χ1n) is 6.01. The van der Waals surface area contributed by atoms with E-state index in [1.807, 2.05) is 24.3 Å². The van der Waals surface area contributed by atoms with E-state index >= 15 is 0 Å². The summed E-state index contributed by atoms with van der Waals surface area (Å²) in [5.41, 5.74) is 2.16. The number of carbonyl (C=O) groups excluding carboxylic acids is 1. The molecule has 2 aromatic rings. The second-order valence-corrected chi connectivity index (χ2v) is 5.00. The number of halogens is 1. The van der Waals surface area contributed by atoms with Crippen molar-refractivity contribution >= 4 is 21.9 Å². The Hall–Kier alpha value is -1.82. The highest BCUT2D eigenvalue weighted by atomic mass is 79.9. The molecule has 20 heavy (non-hydrogen) atoms. The molecule has 0 aliphatic rings. The molecule has 0 atom stereocenters. The summed E-state index contributed by atoms with van der Waals surface area (Å²) >= 11 is 3.40. The quantitative estimate of drug-likeness (QED) is 0.804. The number of nitrogens with zero attached hydrogens (tertiary/aromatic N) is 2. The Balaban J connectivity index is 2.27. The smallest absolute Gasteiger partial charge is 0.342 e. The molecule has 5 nitrogen and oxygen atoms in total. The van der Waals surface area contributed by atoms with E-state index < -0.39 is 5.97 Å². The maximum Gasteiger partial charge on any atom is 0.342 e. The van der Waals surface area contributed by atoms with Crippen molar-refractivity contribution in [3.05, 3.63) is 45.7 Å². The van der Waals surface area contributed by atoms with Gasteiger partial charge in [0.15, 0.2) is 0 Å². The van der Waals surface area contributed by atoms with Crippen LogP contribution in [0.15, 0.2) is 28.9 Å². The third kappa shape index (κ3) is 2.85. The number of benzene rings is 1. The highest BCUT2D eigenvalue weighted by Gasteiger charge is 2.20. The van der Waals surface area contributed by atoms with Gasteiger partial charge in [0.1, 0.15) is 15.9 Å². The average molecular weight is 339 g/mol. The summed E-state index contributed by atoms with van der Waals surface area (Å²) in [4.78, 5) is 11.7. The van der Waals surface area contributed by atoms with Gasteiger partial charge in [-0.1, -0.05) is 12.1 Å². The Bertz CT molecular complexity index is 620. The molecule has 0 amide bonds. The molecule has 0 aliphatic heterocycles. The summed E-state index contributed by atoms with van der Waals surface area (Å²) in [6.07, 6.45) is 0. The van der Waals surface area contributed by atoms with E-state index in [1.54, 1.807) is 18.7 Å². The van der Waals surface area contributed by atoms with E-state index in [2.05, 4.69) is 21.0 Å². The molecular formula is C14H15BrN2O3. The number of rotatable bonds is 4. The fourth-order valence-electron chi connectivity index (χ4n) is 1.90. The molecule has 0 saturated heterocycles. The second-order valence-electron chi connectivity index (χ2n) is 4.25. The van der Waals surface area contributed by atoms with Gasteiger partial charge in [-0.2, -0.15) is 5.10 Å². The lowest BCUT2D eigenvalue weighted by atomic mass is 10.2. The van der Waals surface area contributed by atoms with Crippen molar-refractivity contribution in [3.63, 3.8) is 0 Å². The van der Waals surface area contributed by atoms with E-state index in [9.17, 15) is 4.79 Å². The number of hydrogen-bond donors (Lipinski definition) is 0. The monoisotopic (exact) mass is 338 g/mol. The summed E-state index contributed by atoms with van der Waals surface area (Å²) in [5, 5.41) is 4.35. The number of aromatic nitrogens is 2. The summed E-state index contributed by atoms with van der Waals surface area (Å²) in [5.74, 6) is 0.412. The van der Waals surface area contributed by atoms with Crippen LogP contribution in [0.4, 0.5) is 0 Å². The van der Waals surface area contributed by atoms with Crippen molar-refractivity contribution in [2.24, 2.45) is 0 Å². The maximum absolute atomic E-state index is 11.7. The Labute approximate surface area is 125 Å². The number of carbonyl (C=O) groups is 1. The van der Waals surface area contributed by atoms with E-state index in [0.29, 0.717) is 22.4 Å². The predicted octanol–water partition coefficient (Wildman–Crippen LogP) is 2.80. The third-order valence-corrected chi connectivity index (χ3v) is 3.75. The van der Waals surface area contributed by atoms with E-state index in [-0.39, 0.29) is 0 Å². The Morgan fingerprint density at radius 3 is 2.50 bits per heavy atom. The molecule has 0 saturated carbocycles. The van der Waals surface area contributed by atoms with Crippen molar-refractivity contribution in [1.29, 1.82) is 0 Å². The van der Waals surface area contributed by atoms with Gasteiger partial charge in [-0.05, 0) is 40.5 Å². The SMILES string of the molecule is COC(=O)c1c(C)nn(Cc2ccc(OC)cc2)c1Br. The number of hydrogen-bond acceptors (Lipinski definition) is 4. The first-order chi connectivity index (χ1) is 9.56. The molecular weight excluding hydrogens is 324 g/mol. The van der Waals surface area contributed by atoms with Gasteiger partial charge in [0.05, 0.1) is 26.5 Å². The first kappa shape index (κ1) is 14.6. The fourth-order valence-corrected chi connectivity index (χ4v) is 2.55. The molecule has 0 bridgehead atoms. The molecule has 6 heteroatoms. The van der Waals surface area contributed by atoms with Gasteiger partial charge >= 0.3 is 5.97 Å². The first-order valence-corrected chi connectivity index (χ1v) is 6.80. The topological polar surface area (TPSA) is 53.3 Å². The van der Waals surface area contributed by atoms with Crippen LogP contribution < -0.4 is 4.74 Å². The zero-order valence-corrected chi connectivity index (χ0v) is 13.1. The van der Waals surface area contributed by atoms with Crippen molar-refractivity contribution in [3.8, 4) is 5.75 Å². The Morgan fingerprint density at radius 1 is 1.30 bits per heavy atom. The van der Waals surface area contributed by atoms with Gasteiger partial charge in [-0.25, -0.2) is 4.79 Å². The third-order valence-electron chi connectivity index (χ3n) is 2.95. The van der Waals surface area contributed by atoms with Crippen LogP contribution in [0.1, 0.15) is 21.6 Å². The van der Waals surface area contributed by atoms with Crippen LogP contribution in [0.3, 0.4) is 0 Å². The van der Waals surface area contributed by atoms with Crippen molar-refractivity contribution in [2.75, 3.05) is 14.2 Å². The van der Waals surface area contributed by atoms with Gasteiger partial charge in [-0.3, -0.25) is 4.68 Å². The van der Waals surface area contributed by atoms with Crippen LogP contribution in [-0.4, -0.2) is 30.0 Å². The number of ether oxygens (including phenoxy) is 2. The Kier molecular flexibility index (Phi) is 4.44. The maximum atomic E-state index is 11.7. The van der Waals surface area contributed by atoms with Crippen LogP contribution in [0.25, 0.3) is 0 Å². The molecule has 0 spiro atoms. The molecule has 2 rings (SSSR count). The molecule has 0 radical (unpaired) electrons. The standard InChI is InChI=1S/C14H15BrN2O3/c1-9-12(14(18)20-3)13(15)17(16-9)8-10-4-6-11(19-2)7-5-10/h4-7H,8H2,1-3H3. The normalized spacial score (nSPS) is 10.4. The lowest BCUT2D eigenvalue weighted by molar-refractivity contribution is 0.0598. The lowest BCUT2D eigenvalue weighted by Gasteiger charge is -2.05. The van der Waals surface area contributed by atoms with Crippen LogP contribution in [-0.2, 0) is 11.3 Å². The van der Waals surface area contributed by atoms with Crippen LogP contribution in [0, 0.1) is 6.92 Å². The van der Waals surface area contributed by atoms with Crippen molar-refractivity contribution in [2.45, 2.75) is 13.5 Å². The molecule has 0 aliphatic carbocycles. The summed E-state index contributed by atoms with van der Waals surface area (Å²) in [6.45, 7) is 2.34. The van der Waals surface area contributed by atoms with Crippen LogP contribution >= 0.6 is 15.9 Å². The minimum absolute atomic E-state index is 0.393. The zero-order chi connectivity index (χ0) is 14.7. The predicted molar refractivity (Wildman–Crippen MR) is 78.1 cm³/mol. The molecule has 0 unspecified atom stereocenters. The number of aryl methyl sites for hydroxylation is 1. The minimum atomic E-state index is -0.393. The van der Waals surface area contributed by atoms with E-state index in [4.69, 9.17) is 9.47 Å². The van der Waals surface area contributed by atoms with Gasteiger partial charge in [-0.15, -0.1) is 0 Å². The number of esters is 1. The molecule has 1 aromatic carbocycles. The highest BCUT2D eigenvalue weighted by Crippen LogP contribution is 2.22. The molecule has 0 N–H and O–H groups in total. The minimum Gasteiger partial charge on any atom is -0.497 e. The fraction of sp³-hybridized carbons (Fsp3) is 0.286. The van der Waals surface area contributed by atoms with E-state index in [1.165, 1.54) is 7.11 Å².